The monoisotopic (exact) mass is 302 g/mol. The minimum absolute atomic E-state index is 0.0893. The molecule has 2 nitrogen and oxygen atoms in total. The van der Waals surface area contributed by atoms with Gasteiger partial charge in [-0.1, -0.05) is 19.4 Å². The van der Waals surface area contributed by atoms with Gasteiger partial charge in [0.2, 0.25) is 0 Å². The largest absolute Gasteiger partial charge is 0.393 e. The van der Waals surface area contributed by atoms with Crippen LogP contribution in [0.15, 0.2) is 11.6 Å². The number of allylic oxidation sites excluding steroid dienone is 2. The highest BCUT2D eigenvalue weighted by Crippen LogP contribution is 2.66. The van der Waals surface area contributed by atoms with E-state index in [1.165, 1.54) is 37.7 Å². The van der Waals surface area contributed by atoms with E-state index >= 15 is 0 Å². The molecule has 4 aliphatic rings. The number of aliphatic hydroxyl groups excluding tert-OH is 1. The van der Waals surface area contributed by atoms with Crippen LogP contribution in [0.2, 0.25) is 0 Å². The summed E-state index contributed by atoms with van der Waals surface area (Å²) in [5.74, 6) is 3.08. The van der Waals surface area contributed by atoms with Gasteiger partial charge < -0.3 is 5.11 Å². The molecule has 0 aromatic heterocycles. The molecule has 4 aliphatic carbocycles. The van der Waals surface area contributed by atoms with Crippen LogP contribution in [0.5, 0.6) is 0 Å². The molecule has 1 N–H and O–H groups in total. The molecule has 4 rings (SSSR count). The first-order chi connectivity index (χ1) is 10.4. The summed E-state index contributed by atoms with van der Waals surface area (Å²) in [7, 11) is 0. The standard InChI is InChI=1S/C20H30O2/c1-12-10-14(21)11-13-4-5-15-16-6-7-18(22)19(16,2)9-8-17(15)20(12,13)3/h10,13,15-18,22H,4-9,11H2,1-3H3/t13?,15-,16-,17-,18?,19-,20-/m0/s1. The first kappa shape index (κ1) is 14.9. The van der Waals surface area contributed by atoms with Gasteiger partial charge in [-0.3, -0.25) is 4.79 Å². The normalized spacial score (nSPS) is 54.3. The van der Waals surface area contributed by atoms with Crippen molar-refractivity contribution >= 4 is 5.78 Å². The van der Waals surface area contributed by atoms with Gasteiger partial charge in [0.15, 0.2) is 5.78 Å². The van der Waals surface area contributed by atoms with Crippen LogP contribution in [-0.4, -0.2) is 17.0 Å². The van der Waals surface area contributed by atoms with E-state index in [4.69, 9.17) is 0 Å². The first-order valence-electron chi connectivity index (χ1n) is 9.27. The van der Waals surface area contributed by atoms with Gasteiger partial charge in [0.05, 0.1) is 6.10 Å². The van der Waals surface area contributed by atoms with E-state index in [1.54, 1.807) is 0 Å². The lowest BCUT2D eigenvalue weighted by Crippen LogP contribution is -2.54. The Balaban J connectivity index is 1.72. The molecule has 0 aromatic rings. The molecular weight excluding hydrogens is 272 g/mol. The SMILES string of the molecule is CC1=CC(=O)CC2CC[C@@H]3[C@H](CC[C@]4(C)C(O)CC[C@@H]34)[C@@]12C. The van der Waals surface area contributed by atoms with Gasteiger partial charge in [0, 0.05) is 6.42 Å². The molecule has 0 heterocycles. The predicted molar refractivity (Wildman–Crippen MR) is 87.3 cm³/mol. The van der Waals surface area contributed by atoms with Gasteiger partial charge in [-0.25, -0.2) is 0 Å². The minimum atomic E-state index is -0.0893. The van der Waals surface area contributed by atoms with Crippen LogP contribution in [0, 0.1) is 34.5 Å². The second kappa shape index (κ2) is 4.69. The Morgan fingerprint density at radius 1 is 1.09 bits per heavy atom. The molecular formula is C20H30O2. The zero-order chi connectivity index (χ0) is 15.7. The zero-order valence-corrected chi connectivity index (χ0v) is 14.3. The molecule has 0 amide bonds. The van der Waals surface area contributed by atoms with Crippen LogP contribution < -0.4 is 0 Å². The summed E-state index contributed by atoms with van der Waals surface area (Å²) in [5, 5.41) is 10.5. The molecule has 0 radical (unpaired) electrons. The van der Waals surface area contributed by atoms with Gasteiger partial charge >= 0.3 is 0 Å². The molecule has 2 heteroatoms. The highest BCUT2D eigenvalue weighted by atomic mass is 16.3. The number of hydrogen-bond acceptors (Lipinski definition) is 2. The molecule has 0 spiro atoms. The fraction of sp³-hybridized carbons (Fsp3) is 0.850. The maximum atomic E-state index is 12.0. The van der Waals surface area contributed by atoms with Crippen LogP contribution in [0.3, 0.4) is 0 Å². The third kappa shape index (κ3) is 1.74. The Kier molecular flexibility index (Phi) is 3.18. The summed E-state index contributed by atoms with van der Waals surface area (Å²) in [6, 6.07) is 0. The van der Waals surface area contributed by atoms with Crippen molar-refractivity contribution in [2.75, 3.05) is 0 Å². The Hall–Kier alpha value is -0.630. The molecule has 0 bridgehead atoms. The first-order valence-corrected chi connectivity index (χ1v) is 9.27. The lowest BCUT2D eigenvalue weighted by atomic mass is 9.45. The Morgan fingerprint density at radius 2 is 1.86 bits per heavy atom. The highest BCUT2D eigenvalue weighted by molar-refractivity contribution is 5.91. The van der Waals surface area contributed by atoms with E-state index in [1.807, 2.05) is 6.08 Å². The number of carbonyl (C=O) groups excluding carboxylic acids is 1. The second-order valence-electron chi connectivity index (χ2n) is 9.07. The number of rotatable bonds is 0. The highest BCUT2D eigenvalue weighted by Gasteiger charge is 2.60. The number of carbonyl (C=O) groups is 1. The van der Waals surface area contributed by atoms with E-state index in [-0.39, 0.29) is 16.9 Å². The average molecular weight is 302 g/mol. The van der Waals surface area contributed by atoms with Gasteiger partial charge in [-0.05, 0) is 86.0 Å². The topological polar surface area (TPSA) is 37.3 Å². The summed E-state index contributed by atoms with van der Waals surface area (Å²) >= 11 is 0. The maximum Gasteiger partial charge on any atom is 0.155 e. The van der Waals surface area contributed by atoms with E-state index in [9.17, 15) is 9.90 Å². The van der Waals surface area contributed by atoms with E-state index in [0.29, 0.717) is 17.6 Å². The average Bonchev–Trinajstić information content (AvgIpc) is 2.77. The van der Waals surface area contributed by atoms with Crippen molar-refractivity contribution in [2.24, 2.45) is 34.5 Å². The van der Waals surface area contributed by atoms with Crippen molar-refractivity contribution < 1.29 is 9.90 Å². The maximum absolute atomic E-state index is 12.0. The lowest BCUT2D eigenvalue weighted by molar-refractivity contribution is -0.125. The summed E-state index contributed by atoms with van der Waals surface area (Å²) in [5.41, 5.74) is 1.73. The number of fused-ring (bicyclic) bond motifs is 5. The van der Waals surface area contributed by atoms with E-state index in [0.717, 1.165) is 24.7 Å². The van der Waals surface area contributed by atoms with Gasteiger partial charge in [-0.15, -0.1) is 0 Å². The quantitative estimate of drug-likeness (QED) is 0.730. The van der Waals surface area contributed by atoms with Crippen molar-refractivity contribution in [3.05, 3.63) is 11.6 Å². The second-order valence-corrected chi connectivity index (χ2v) is 9.07. The molecule has 2 unspecified atom stereocenters. The molecule has 3 saturated carbocycles. The van der Waals surface area contributed by atoms with Crippen LogP contribution in [0.1, 0.15) is 65.7 Å². The molecule has 7 atom stereocenters. The van der Waals surface area contributed by atoms with Crippen LogP contribution >= 0.6 is 0 Å². The summed E-state index contributed by atoms with van der Waals surface area (Å²) in [6.07, 6.45) is 9.71. The van der Waals surface area contributed by atoms with Crippen LogP contribution in [0.25, 0.3) is 0 Å². The van der Waals surface area contributed by atoms with Crippen LogP contribution in [0.4, 0.5) is 0 Å². The molecule has 3 fully saturated rings. The molecule has 0 aliphatic heterocycles. The van der Waals surface area contributed by atoms with E-state index in [2.05, 4.69) is 20.8 Å². The van der Waals surface area contributed by atoms with Crippen molar-refractivity contribution in [3.63, 3.8) is 0 Å². The number of aliphatic hydroxyl groups is 1. The Morgan fingerprint density at radius 3 is 2.64 bits per heavy atom. The van der Waals surface area contributed by atoms with Crippen molar-refractivity contribution in [1.29, 1.82) is 0 Å². The third-order valence-corrected chi connectivity index (χ3v) is 8.53. The fourth-order valence-corrected chi connectivity index (χ4v) is 7.03. The predicted octanol–water partition coefficient (Wildman–Crippen LogP) is 4.13. The lowest BCUT2D eigenvalue weighted by Gasteiger charge is -2.60. The van der Waals surface area contributed by atoms with Gasteiger partial charge in [-0.2, -0.15) is 0 Å². The third-order valence-electron chi connectivity index (χ3n) is 8.53. The minimum Gasteiger partial charge on any atom is -0.393 e. The molecule has 0 aromatic carbocycles. The summed E-state index contributed by atoms with van der Waals surface area (Å²) in [4.78, 5) is 12.0. The summed E-state index contributed by atoms with van der Waals surface area (Å²) in [6.45, 7) is 6.98. The van der Waals surface area contributed by atoms with Gasteiger partial charge in [0.25, 0.3) is 0 Å². The fourth-order valence-electron chi connectivity index (χ4n) is 7.03. The molecule has 22 heavy (non-hydrogen) atoms. The van der Waals surface area contributed by atoms with Crippen molar-refractivity contribution in [1.82, 2.24) is 0 Å². The Labute approximate surface area is 134 Å². The smallest absolute Gasteiger partial charge is 0.155 e. The number of hydrogen-bond donors (Lipinski definition) is 1. The molecule has 122 valence electrons. The Bertz CT molecular complexity index is 536. The molecule has 0 saturated heterocycles. The van der Waals surface area contributed by atoms with Gasteiger partial charge in [0.1, 0.15) is 0 Å². The van der Waals surface area contributed by atoms with Crippen molar-refractivity contribution in [3.8, 4) is 0 Å². The number of ketones is 1. The van der Waals surface area contributed by atoms with Crippen LogP contribution in [-0.2, 0) is 4.79 Å². The van der Waals surface area contributed by atoms with Crippen molar-refractivity contribution in [2.45, 2.75) is 71.8 Å². The van der Waals surface area contributed by atoms with E-state index < -0.39 is 0 Å². The zero-order valence-electron chi connectivity index (χ0n) is 14.3. The summed E-state index contributed by atoms with van der Waals surface area (Å²) < 4.78 is 0.